The summed E-state index contributed by atoms with van der Waals surface area (Å²) in [6.07, 6.45) is 0.740. The normalized spacial score (nSPS) is 20.4. The predicted molar refractivity (Wildman–Crippen MR) is 92.2 cm³/mol. The molecular formula is C19H20N2O3. The van der Waals surface area contributed by atoms with Crippen LogP contribution in [0.25, 0.3) is 10.8 Å². The second-order valence-electron chi connectivity index (χ2n) is 5.81. The first-order valence-corrected chi connectivity index (χ1v) is 8.02. The molecule has 1 heterocycles. The number of esters is 1. The van der Waals surface area contributed by atoms with E-state index in [9.17, 15) is 9.59 Å². The van der Waals surface area contributed by atoms with E-state index in [0.717, 1.165) is 22.8 Å². The molecule has 0 unspecified atom stereocenters. The molecule has 3 rings (SSSR count). The third kappa shape index (κ3) is 2.97. The van der Waals surface area contributed by atoms with Crippen LogP contribution in [0.1, 0.15) is 24.9 Å². The fraction of sp³-hybridized carbons (Fsp3) is 0.263. The van der Waals surface area contributed by atoms with Crippen LogP contribution in [-0.4, -0.2) is 18.6 Å². The van der Waals surface area contributed by atoms with E-state index in [-0.39, 0.29) is 12.0 Å². The van der Waals surface area contributed by atoms with Gasteiger partial charge in [-0.1, -0.05) is 56.0 Å². The standard InChI is InChI=1S/C19H20N2O3/c1-3-11-24-18(22)16-12(2)20-19(23)21-17(16)15-10-6-8-13-7-4-5-9-14(13)15/h4-10,16-17H,2-3,11H2,1H3,(H2,20,21,23)/t16-,17+/m1/s1. The summed E-state index contributed by atoms with van der Waals surface area (Å²) in [5.74, 6) is -1.05. The first-order valence-electron chi connectivity index (χ1n) is 8.02. The Labute approximate surface area is 140 Å². The Balaban J connectivity index is 2.04. The van der Waals surface area contributed by atoms with Gasteiger partial charge < -0.3 is 15.4 Å². The summed E-state index contributed by atoms with van der Waals surface area (Å²) < 4.78 is 5.31. The fourth-order valence-corrected chi connectivity index (χ4v) is 3.04. The molecule has 2 atom stereocenters. The summed E-state index contributed by atoms with van der Waals surface area (Å²) in [5, 5.41) is 7.48. The number of nitrogens with one attached hydrogen (secondary N) is 2. The largest absolute Gasteiger partial charge is 0.465 e. The van der Waals surface area contributed by atoms with Gasteiger partial charge in [0.25, 0.3) is 0 Å². The van der Waals surface area contributed by atoms with Crippen LogP contribution in [0, 0.1) is 5.92 Å². The summed E-state index contributed by atoms with van der Waals surface area (Å²) in [4.78, 5) is 24.5. The van der Waals surface area contributed by atoms with E-state index in [1.54, 1.807) is 0 Å². The molecule has 1 aliphatic rings. The molecule has 0 spiro atoms. The Kier molecular flexibility index (Phi) is 4.51. The van der Waals surface area contributed by atoms with E-state index >= 15 is 0 Å². The highest BCUT2D eigenvalue weighted by molar-refractivity contribution is 5.90. The number of amides is 2. The lowest BCUT2D eigenvalue weighted by Crippen LogP contribution is -2.51. The van der Waals surface area contributed by atoms with Crippen LogP contribution in [0.3, 0.4) is 0 Å². The van der Waals surface area contributed by atoms with Crippen LogP contribution in [-0.2, 0) is 9.53 Å². The molecule has 2 amide bonds. The van der Waals surface area contributed by atoms with E-state index in [1.165, 1.54) is 0 Å². The van der Waals surface area contributed by atoms with Crippen LogP contribution in [0.4, 0.5) is 4.79 Å². The topological polar surface area (TPSA) is 67.4 Å². The molecule has 0 aromatic heterocycles. The maximum Gasteiger partial charge on any atom is 0.319 e. The van der Waals surface area contributed by atoms with E-state index in [4.69, 9.17) is 4.74 Å². The van der Waals surface area contributed by atoms with Crippen LogP contribution in [0.2, 0.25) is 0 Å². The van der Waals surface area contributed by atoms with Gasteiger partial charge in [0, 0.05) is 5.70 Å². The Morgan fingerprint density at radius 2 is 1.96 bits per heavy atom. The minimum atomic E-state index is -0.667. The highest BCUT2D eigenvalue weighted by Gasteiger charge is 2.39. The zero-order chi connectivity index (χ0) is 17.1. The molecule has 2 aromatic rings. The monoisotopic (exact) mass is 324 g/mol. The lowest BCUT2D eigenvalue weighted by atomic mass is 9.86. The smallest absolute Gasteiger partial charge is 0.319 e. The second kappa shape index (κ2) is 6.74. The van der Waals surface area contributed by atoms with Crippen molar-refractivity contribution < 1.29 is 14.3 Å². The predicted octanol–water partition coefficient (Wildman–Crippen LogP) is 3.28. The van der Waals surface area contributed by atoms with E-state index < -0.39 is 12.0 Å². The number of carbonyl (C=O) groups excluding carboxylic acids is 2. The van der Waals surface area contributed by atoms with Crippen molar-refractivity contribution in [1.29, 1.82) is 0 Å². The molecule has 2 N–H and O–H groups in total. The number of hydrogen-bond donors (Lipinski definition) is 2. The van der Waals surface area contributed by atoms with Gasteiger partial charge in [-0.05, 0) is 22.8 Å². The minimum Gasteiger partial charge on any atom is -0.465 e. The Morgan fingerprint density at radius 3 is 2.75 bits per heavy atom. The van der Waals surface area contributed by atoms with E-state index in [1.807, 2.05) is 49.4 Å². The van der Waals surface area contributed by atoms with Crippen LogP contribution < -0.4 is 10.6 Å². The molecule has 5 heteroatoms. The van der Waals surface area contributed by atoms with Crippen molar-refractivity contribution >= 4 is 22.8 Å². The van der Waals surface area contributed by atoms with Gasteiger partial charge in [-0.3, -0.25) is 4.79 Å². The maximum absolute atomic E-state index is 12.5. The van der Waals surface area contributed by atoms with Crippen LogP contribution in [0.5, 0.6) is 0 Å². The number of carbonyl (C=O) groups is 2. The fourth-order valence-electron chi connectivity index (χ4n) is 3.04. The molecule has 2 aromatic carbocycles. The maximum atomic E-state index is 12.5. The van der Waals surface area contributed by atoms with Gasteiger partial charge in [-0.25, -0.2) is 4.79 Å². The van der Waals surface area contributed by atoms with Gasteiger partial charge in [0.1, 0.15) is 5.92 Å². The van der Waals surface area contributed by atoms with Gasteiger partial charge in [0.05, 0.1) is 12.6 Å². The highest BCUT2D eigenvalue weighted by atomic mass is 16.5. The Hall–Kier alpha value is -2.82. The van der Waals surface area contributed by atoms with Gasteiger partial charge in [0.15, 0.2) is 0 Å². The molecule has 0 aliphatic carbocycles. The van der Waals surface area contributed by atoms with Gasteiger partial charge >= 0.3 is 12.0 Å². The second-order valence-corrected chi connectivity index (χ2v) is 5.81. The zero-order valence-electron chi connectivity index (χ0n) is 13.5. The van der Waals surface area contributed by atoms with Crippen molar-refractivity contribution in [3.05, 3.63) is 60.3 Å². The summed E-state index contributed by atoms with van der Waals surface area (Å²) in [7, 11) is 0. The summed E-state index contributed by atoms with van der Waals surface area (Å²) >= 11 is 0. The van der Waals surface area contributed by atoms with E-state index in [0.29, 0.717) is 12.3 Å². The van der Waals surface area contributed by atoms with Gasteiger partial charge in [0.2, 0.25) is 0 Å². The molecule has 24 heavy (non-hydrogen) atoms. The van der Waals surface area contributed by atoms with Crippen molar-refractivity contribution in [2.75, 3.05) is 6.61 Å². The van der Waals surface area contributed by atoms with Gasteiger partial charge in [-0.15, -0.1) is 0 Å². The molecule has 1 saturated heterocycles. The number of urea groups is 1. The molecule has 0 saturated carbocycles. The van der Waals surface area contributed by atoms with Crippen molar-refractivity contribution in [2.24, 2.45) is 5.92 Å². The molecular weight excluding hydrogens is 304 g/mol. The zero-order valence-corrected chi connectivity index (χ0v) is 13.5. The minimum absolute atomic E-state index is 0.346. The lowest BCUT2D eigenvalue weighted by Gasteiger charge is -2.33. The molecule has 124 valence electrons. The SMILES string of the molecule is C=C1NC(=O)N[C@@H](c2cccc3ccccc23)[C@@H]1C(=O)OCCC. The van der Waals surface area contributed by atoms with Crippen molar-refractivity contribution in [1.82, 2.24) is 10.6 Å². The third-order valence-electron chi connectivity index (χ3n) is 4.13. The highest BCUT2D eigenvalue weighted by Crippen LogP contribution is 2.34. The summed E-state index contributed by atoms with van der Waals surface area (Å²) in [6, 6.07) is 12.8. The quantitative estimate of drug-likeness (QED) is 0.848. The number of fused-ring (bicyclic) bond motifs is 1. The van der Waals surface area contributed by atoms with Crippen LogP contribution in [0.15, 0.2) is 54.7 Å². The average molecular weight is 324 g/mol. The number of benzene rings is 2. The number of ether oxygens (including phenoxy) is 1. The van der Waals surface area contributed by atoms with Crippen LogP contribution >= 0.6 is 0 Å². The van der Waals surface area contributed by atoms with Crippen molar-refractivity contribution in [3.8, 4) is 0 Å². The van der Waals surface area contributed by atoms with Crippen molar-refractivity contribution in [2.45, 2.75) is 19.4 Å². The lowest BCUT2D eigenvalue weighted by molar-refractivity contribution is -0.148. The Bertz CT molecular complexity index is 795. The first kappa shape index (κ1) is 16.1. The number of rotatable bonds is 4. The summed E-state index contributed by atoms with van der Waals surface area (Å²) in [5.41, 5.74) is 1.24. The van der Waals surface area contributed by atoms with Gasteiger partial charge in [-0.2, -0.15) is 0 Å². The Morgan fingerprint density at radius 1 is 1.21 bits per heavy atom. The number of hydrogen-bond acceptors (Lipinski definition) is 3. The third-order valence-corrected chi connectivity index (χ3v) is 4.13. The molecule has 5 nitrogen and oxygen atoms in total. The van der Waals surface area contributed by atoms with E-state index in [2.05, 4.69) is 17.2 Å². The molecule has 1 aliphatic heterocycles. The molecule has 0 bridgehead atoms. The van der Waals surface area contributed by atoms with Crippen molar-refractivity contribution in [3.63, 3.8) is 0 Å². The molecule has 0 radical (unpaired) electrons. The summed E-state index contributed by atoms with van der Waals surface area (Å²) in [6.45, 7) is 6.14. The molecule has 1 fully saturated rings. The average Bonchev–Trinajstić information content (AvgIpc) is 2.58. The first-order chi connectivity index (χ1) is 11.6.